The van der Waals surface area contributed by atoms with Gasteiger partial charge < -0.3 is 15.6 Å². The van der Waals surface area contributed by atoms with E-state index < -0.39 is 11.8 Å². The quantitative estimate of drug-likeness (QED) is 0.649. The Morgan fingerprint density at radius 2 is 2.39 bits per heavy atom. The first kappa shape index (κ1) is 13.2. The summed E-state index contributed by atoms with van der Waals surface area (Å²) in [6, 6.07) is 2.65. The molecule has 1 aromatic carbocycles. The van der Waals surface area contributed by atoms with E-state index in [1.54, 1.807) is 0 Å². The van der Waals surface area contributed by atoms with Crippen molar-refractivity contribution < 1.29 is 19.0 Å². The van der Waals surface area contributed by atoms with E-state index in [2.05, 4.69) is 0 Å². The highest BCUT2D eigenvalue weighted by Gasteiger charge is 2.20. The zero-order chi connectivity index (χ0) is 13.1. The van der Waals surface area contributed by atoms with E-state index in [-0.39, 0.29) is 17.4 Å². The second kappa shape index (κ2) is 5.58. The molecule has 1 aromatic rings. The van der Waals surface area contributed by atoms with Crippen LogP contribution in [0.3, 0.4) is 0 Å². The predicted molar refractivity (Wildman–Crippen MR) is 67.5 cm³/mol. The van der Waals surface area contributed by atoms with Gasteiger partial charge in [0.2, 0.25) is 0 Å². The Kier molecular flexibility index (Phi) is 4.08. The first-order valence-corrected chi connectivity index (χ1v) is 6.64. The number of halogens is 1. The molecule has 2 rings (SSSR count). The van der Waals surface area contributed by atoms with Crippen LogP contribution in [0.4, 0.5) is 10.1 Å². The van der Waals surface area contributed by atoms with Crippen LogP contribution < -0.4 is 5.73 Å². The monoisotopic (exact) mass is 271 g/mol. The molecule has 0 spiro atoms. The molecule has 1 fully saturated rings. The third-order valence-corrected chi connectivity index (χ3v) is 4.01. The lowest BCUT2D eigenvalue weighted by atomic mass is 10.2. The zero-order valence-corrected chi connectivity index (χ0v) is 10.5. The molecular weight excluding hydrogens is 257 g/mol. The van der Waals surface area contributed by atoms with Gasteiger partial charge in [-0.1, -0.05) is 0 Å². The van der Waals surface area contributed by atoms with Gasteiger partial charge in [-0.05, 0) is 25.0 Å². The van der Waals surface area contributed by atoms with Gasteiger partial charge in [-0.25, -0.2) is 9.18 Å². The van der Waals surface area contributed by atoms with Crippen LogP contribution in [0.15, 0.2) is 17.0 Å². The second-order valence-electron chi connectivity index (χ2n) is 4.09. The van der Waals surface area contributed by atoms with Crippen LogP contribution in [0.5, 0.6) is 0 Å². The lowest BCUT2D eigenvalue weighted by molar-refractivity contribution is 0.0693. The molecule has 0 radical (unpaired) electrons. The van der Waals surface area contributed by atoms with Crippen molar-refractivity contribution in [3.8, 4) is 0 Å². The third kappa shape index (κ3) is 2.76. The number of anilines is 1. The van der Waals surface area contributed by atoms with Crippen LogP contribution >= 0.6 is 11.8 Å². The Bertz CT molecular complexity index is 461. The number of nitrogen functional groups attached to an aromatic ring is 1. The van der Waals surface area contributed by atoms with Crippen molar-refractivity contribution >= 4 is 23.4 Å². The Balaban J connectivity index is 2.16. The van der Waals surface area contributed by atoms with E-state index in [1.807, 2.05) is 0 Å². The normalized spacial score (nSPS) is 19.1. The van der Waals surface area contributed by atoms with Gasteiger partial charge in [-0.2, -0.15) is 0 Å². The van der Waals surface area contributed by atoms with Gasteiger partial charge in [0.15, 0.2) is 0 Å². The Morgan fingerprint density at radius 1 is 1.61 bits per heavy atom. The summed E-state index contributed by atoms with van der Waals surface area (Å²) in [5, 5.41) is 9.07. The molecule has 1 aliphatic rings. The van der Waals surface area contributed by atoms with Gasteiger partial charge in [-0.15, -0.1) is 11.8 Å². The number of rotatable bonds is 4. The molecule has 0 amide bonds. The Labute approximate surface area is 108 Å². The summed E-state index contributed by atoms with van der Waals surface area (Å²) in [5.74, 6) is -1.25. The fraction of sp³-hybridized carbons (Fsp3) is 0.417. The van der Waals surface area contributed by atoms with Crippen molar-refractivity contribution in [2.75, 3.05) is 18.1 Å². The standard InChI is InChI=1S/C12H14FNO3S/c13-8-3-4-9(10(11(8)14)12(15)16)18-6-7-2-1-5-17-7/h3-4,7H,1-2,5-6,14H2,(H,15,16). The summed E-state index contributed by atoms with van der Waals surface area (Å²) in [5.41, 5.74) is 5.01. The van der Waals surface area contributed by atoms with Crippen molar-refractivity contribution in [2.24, 2.45) is 0 Å². The highest BCUT2D eigenvalue weighted by molar-refractivity contribution is 7.99. The number of carboxylic acid groups (broad SMARTS) is 1. The topological polar surface area (TPSA) is 72.5 Å². The summed E-state index contributed by atoms with van der Waals surface area (Å²) in [6.07, 6.45) is 2.15. The fourth-order valence-electron chi connectivity index (χ4n) is 1.87. The van der Waals surface area contributed by atoms with Crippen molar-refractivity contribution in [3.63, 3.8) is 0 Å². The first-order chi connectivity index (χ1) is 8.59. The van der Waals surface area contributed by atoms with Crippen LogP contribution in [-0.4, -0.2) is 29.5 Å². The van der Waals surface area contributed by atoms with Crippen molar-refractivity contribution in [1.29, 1.82) is 0 Å². The highest BCUT2D eigenvalue weighted by atomic mass is 32.2. The molecule has 0 aliphatic carbocycles. The van der Waals surface area contributed by atoms with Gasteiger partial charge in [0.05, 0.1) is 17.4 Å². The SMILES string of the molecule is Nc1c(F)ccc(SCC2CCCO2)c1C(=O)O. The van der Waals surface area contributed by atoms with E-state index in [1.165, 1.54) is 23.9 Å². The van der Waals surface area contributed by atoms with Crippen LogP contribution in [0.1, 0.15) is 23.2 Å². The zero-order valence-electron chi connectivity index (χ0n) is 9.69. The number of benzene rings is 1. The summed E-state index contributed by atoms with van der Waals surface area (Å²) in [6.45, 7) is 0.753. The summed E-state index contributed by atoms with van der Waals surface area (Å²) in [4.78, 5) is 11.6. The minimum atomic E-state index is -1.21. The van der Waals surface area contributed by atoms with Crippen molar-refractivity contribution in [3.05, 3.63) is 23.5 Å². The molecule has 1 aliphatic heterocycles. The average molecular weight is 271 g/mol. The summed E-state index contributed by atoms with van der Waals surface area (Å²) < 4.78 is 18.7. The first-order valence-electron chi connectivity index (χ1n) is 5.65. The molecule has 1 heterocycles. The van der Waals surface area contributed by atoms with Crippen LogP contribution in [0.25, 0.3) is 0 Å². The molecule has 1 unspecified atom stereocenters. The molecular formula is C12H14FNO3S. The minimum Gasteiger partial charge on any atom is -0.478 e. The largest absolute Gasteiger partial charge is 0.478 e. The van der Waals surface area contributed by atoms with Gasteiger partial charge in [0.1, 0.15) is 5.82 Å². The summed E-state index contributed by atoms with van der Waals surface area (Å²) in [7, 11) is 0. The van der Waals surface area contributed by atoms with Gasteiger partial charge in [0, 0.05) is 17.3 Å². The maximum atomic E-state index is 13.2. The van der Waals surface area contributed by atoms with Gasteiger partial charge >= 0.3 is 5.97 Å². The van der Waals surface area contributed by atoms with Gasteiger partial charge in [0.25, 0.3) is 0 Å². The molecule has 6 heteroatoms. The van der Waals surface area contributed by atoms with E-state index in [0.29, 0.717) is 10.6 Å². The molecule has 1 atom stereocenters. The number of ether oxygens (including phenoxy) is 1. The Hall–Kier alpha value is -1.27. The third-order valence-electron chi connectivity index (χ3n) is 2.82. The highest BCUT2D eigenvalue weighted by Crippen LogP contribution is 2.31. The van der Waals surface area contributed by atoms with E-state index >= 15 is 0 Å². The average Bonchev–Trinajstić information content (AvgIpc) is 2.83. The van der Waals surface area contributed by atoms with Crippen molar-refractivity contribution in [1.82, 2.24) is 0 Å². The van der Waals surface area contributed by atoms with Crippen molar-refractivity contribution in [2.45, 2.75) is 23.8 Å². The lowest BCUT2D eigenvalue weighted by Crippen LogP contribution is -2.10. The molecule has 98 valence electrons. The number of aromatic carboxylic acids is 1. The fourth-order valence-corrected chi connectivity index (χ4v) is 3.01. The lowest BCUT2D eigenvalue weighted by Gasteiger charge is -2.12. The van der Waals surface area contributed by atoms with Crippen LogP contribution in [0, 0.1) is 5.82 Å². The molecule has 0 aromatic heterocycles. The maximum Gasteiger partial charge on any atom is 0.339 e. The molecule has 3 N–H and O–H groups in total. The van der Waals surface area contributed by atoms with Crippen LogP contribution in [-0.2, 0) is 4.74 Å². The minimum absolute atomic E-state index is 0.142. The number of nitrogens with two attached hydrogens (primary N) is 1. The smallest absolute Gasteiger partial charge is 0.339 e. The molecule has 4 nitrogen and oxygen atoms in total. The Morgan fingerprint density at radius 3 is 3.00 bits per heavy atom. The number of carboxylic acids is 1. The van der Waals surface area contributed by atoms with E-state index in [4.69, 9.17) is 15.6 Å². The van der Waals surface area contributed by atoms with Crippen LogP contribution in [0.2, 0.25) is 0 Å². The predicted octanol–water partition coefficient (Wildman–Crippen LogP) is 2.38. The van der Waals surface area contributed by atoms with Gasteiger partial charge in [-0.3, -0.25) is 0 Å². The summed E-state index contributed by atoms with van der Waals surface area (Å²) >= 11 is 1.34. The second-order valence-corrected chi connectivity index (χ2v) is 5.15. The number of hydrogen-bond donors (Lipinski definition) is 2. The number of carbonyl (C=O) groups is 1. The number of hydrogen-bond acceptors (Lipinski definition) is 4. The van der Waals surface area contributed by atoms with E-state index in [9.17, 15) is 9.18 Å². The van der Waals surface area contributed by atoms with E-state index in [0.717, 1.165) is 19.4 Å². The maximum absolute atomic E-state index is 13.2. The number of thioether (sulfide) groups is 1. The molecule has 0 bridgehead atoms. The molecule has 1 saturated heterocycles. The molecule has 18 heavy (non-hydrogen) atoms. The molecule has 0 saturated carbocycles.